The van der Waals surface area contributed by atoms with Crippen LogP contribution < -0.4 is 50.2 Å². The Morgan fingerprint density at radius 3 is 1.13 bits per heavy atom. The number of halogens is 15. The molecule has 9 heterocycles. The molecule has 52 heteroatoms. The SMILES string of the molecule is Cn1cnc2c(F)c(Nc3ccc(I)cc3F)c(NS(=O)(=O)C3CC3)cc21.O=S(=O)(Nc1cc2ccnn2c(Cl)c1Nc1ccc(Br)cc1Cl)C1(CCO)CC1.O=S(=O)(Nc1cc2ccnn2c(Cl)c1Nc1ccc(Br)cc1Cl)C1CC1.O=S(=O)(Nc1cn2ccnc2c(F)c1Nc1ccc(Br)cc1Cl)C1(CCO)CC1.O=S(=O)(Nc1cn2ccnc2c(F)c1Nc1ccc(Br)cc1Cl)C1CC1. The van der Waals surface area contributed by atoms with Crippen LogP contribution in [0.5, 0.6) is 0 Å². The van der Waals surface area contributed by atoms with Crippen molar-refractivity contribution >= 4 is 325 Å². The number of nitrogens with one attached hydrogen (secondary N) is 10. The number of aryl methyl sites for hydroxylation is 1. The summed E-state index contributed by atoms with van der Waals surface area (Å²) in [6.07, 6.45) is 19.4. The van der Waals surface area contributed by atoms with Crippen LogP contribution in [0.1, 0.15) is 77.0 Å². The van der Waals surface area contributed by atoms with E-state index in [1.165, 1.54) is 73.3 Å². The number of imidazole rings is 3. The van der Waals surface area contributed by atoms with Crippen molar-refractivity contribution in [3.05, 3.63) is 252 Å². The van der Waals surface area contributed by atoms with Gasteiger partial charge in [-0.15, -0.1) is 0 Å². The van der Waals surface area contributed by atoms with Gasteiger partial charge in [0.15, 0.2) is 39.1 Å². The average molecular weight is 2460 g/mol. The molecular formula is C85H75Br4Cl6F4IN20O12S5. The summed E-state index contributed by atoms with van der Waals surface area (Å²) in [7, 11) is -16.6. The van der Waals surface area contributed by atoms with Crippen molar-refractivity contribution in [3.63, 3.8) is 0 Å². The molecule has 20 rings (SSSR count). The number of sulfonamides is 5. The van der Waals surface area contributed by atoms with E-state index in [9.17, 15) is 56.7 Å². The van der Waals surface area contributed by atoms with E-state index in [4.69, 9.17) is 69.6 Å². The second kappa shape index (κ2) is 40.7. The molecule has 137 heavy (non-hydrogen) atoms. The van der Waals surface area contributed by atoms with E-state index in [1.54, 1.807) is 127 Å². The van der Waals surface area contributed by atoms with Gasteiger partial charge in [0, 0.05) is 78.9 Å². The minimum atomic E-state index is -3.85. The third-order valence-corrected chi connectivity index (χ3v) is 37.1. The first-order valence-corrected chi connectivity index (χ1v) is 55.3. The van der Waals surface area contributed by atoms with Gasteiger partial charge in [-0.2, -0.15) is 10.2 Å². The number of nitrogens with zero attached hydrogens (tertiary/aromatic N) is 10. The van der Waals surface area contributed by atoms with Gasteiger partial charge in [0.1, 0.15) is 39.8 Å². The van der Waals surface area contributed by atoms with Crippen LogP contribution in [0.2, 0.25) is 30.4 Å². The van der Waals surface area contributed by atoms with Gasteiger partial charge in [-0.25, -0.2) is 83.6 Å². The molecule has 0 atom stereocenters. The fourth-order valence-corrected chi connectivity index (χ4v) is 25.7. The topological polar surface area (TPSA) is 418 Å². The van der Waals surface area contributed by atoms with E-state index in [2.05, 4.69) is 139 Å². The van der Waals surface area contributed by atoms with Crippen molar-refractivity contribution in [2.24, 2.45) is 7.05 Å². The molecule has 15 aromatic rings. The van der Waals surface area contributed by atoms with Gasteiger partial charge < -0.3 is 50.2 Å². The number of rotatable bonds is 29. The highest BCUT2D eigenvalue weighted by Crippen LogP contribution is 2.51. The molecule has 5 aliphatic carbocycles. The molecule has 5 saturated carbocycles. The number of aliphatic hydroxyl groups excluding tert-OH is 2. The molecule has 0 unspecified atom stereocenters. The average Bonchev–Trinajstić information content (AvgIpc) is 1.58. The Morgan fingerprint density at radius 1 is 0.416 bits per heavy atom. The maximum atomic E-state index is 15.2. The first-order valence-electron chi connectivity index (χ1n) is 41.2. The number of aliphatic hydroxyl groups is 2. The fourth-order valence-electron chi connectivity index (χ4n) is 14.3. The molecule has 0 amide bonds. The number of pyridine rings is 4. The van der Waals surface area contributed by atoms with Crippen LogP contribution in [-0.4, -0.2) is 138 Å². The third-order valence-electron chi connectivity index (χ3n) is 22.4. The lowest BCUT2D eigenvalue weighted by atomic mass is 10.2. The zero-order valence-electron chi connectivity index (χ0n) is 70.5. The van der Waals surface area contributed by atoms with Crippen molar-refractivity contribution in [2.45, 2.75) is 102 Å². The van der Waals surface area contributed by atoms with Gasteiger partial charge in [0.25, 0.3) is 0 Å². The molecule has 12 N–H and O–H groups in total. The lowest BCUT2D eigenvalue weighted by Gasteiger charge is -2.21. The van der Waals surface area contributed by atoms with Gasteiger partial charge >= 0.3 is 0 Å². The molecule has 32 nitrogen and oxygen atoms in total. The number of benzene rings is 6. The Labute approximate surface area is 858 Å². The highest BCUT2D eigenvalue weighted by atomic mass is 127. The molecule has 0 saturated heterocycles. The molecule has 0 spiro atoms. The third kappa shape index (κ3) is 22.6. The van der Waals surface area contributed by atoms with Crippen molar-refractivity contribution in [3.8, 4) is 0 Å². The zero-order valence-corrected chi connectivity index (χ0v) is 87.7. The summed E-state index contributed by atoms with van der Waals surface area (Å²) in [6.45, 7) is -0.432. The Kier molecular flexibility index (Phi) is 30.1. The van der Waals surface area contributed by atoms with Crippen LogP contribution in [0.3, 0.4) is 0 Å². The van der Waals surface area contributed by atoms with E-state index in [1.807, 2.05) is 28.7 Å². The lowest BCUT2D eigenvalue weighted by molar-refractivity contribution is 0.282. The van der Waals surface area contributed by atoms with E-state index in [0.29, 0.717) is 144 Å². The lowest BCUT2D eigenvalue weighted by Crippen LogP contribution is -2.31. The predicted octanol–water partition coefficient (Wildman–Crippen LogP) is 22.8. The molecule has 9 aromatic heterocycles. The molecule has 5 fully saturated rings. The second-order valence-electron chi connectivity index (χ2n) is 32.2. The minimum Gasteiger partial charge on any atom is -0.396 e. The van der Waals surface area contributed by atoms with Gasteiger partial charge in [-0.1, -0.05) is 133 Å². The summed E-state index contributed by atoms with van der Waals surface area (Å²) >= 11 is 53.4. The highest BCUT2D eigenvalue weighted by Gasteiger charge is 2.55. The summed E-state index contributed by atoms with van der Waals surface area (Å²) in [5.41, 5.74) is 5.17. The number of aromatic nitrogens is 10. The van der Waals surface area contributed by atoms with Gasteiger partial charge in [-0.3, -0.25) is 23.6 Å². The van der Waals surface area contributed by atoms with Crippen LogP contribution in [-0.2, 0) is 57.2 Å². The largest absolute Gasteiger partial charge is 0.396 e. The smallest absolute Gasteiger partial charge is 0.238 e. The van der Waals surface area contributed by atoms with Crippen LogP contribution in [0, 0.1) is 26.8 Å². The van der Waals surface area contributed by atoms with Crippen molar-refractivity contribution in [2.75, 3.05) is 63.4 Å². The summed E-state index contributed by atoms with van der Waals surface area (Å²) in [4.78, 5) is 12.0. The predicted molar refractivity (Wildman–Crippen MR) is 553 cm³/mol. The molecule has 0 bridgehead atoms. The minimum absolute atomic E-state index is 0.0217. The fraction of sp³-hybridized carbons (Fsp3) is 0.235. The van der Waals surface area contributed by atoms with Crippen molar-refractivity contribution in [1.82, 2.24) is 47.5 Å². The van der Waals surface area contributed by atoms with E-state index in [-0.39, 0.29) is 104 Å². The van der Waals surface area contributed by atoms with Crippen LogP contribution >= 0.6 is 156 Å². The molecule has 0 radical (unpaired) electrons. The number of hydrogen-bond acceptors (Lipinski definition) is 22. The Hall–Kier alpha value is -8.67. The monoisotopic (exact) mass is 2460 g/mol. The Bertz CT molecular complexity index is 7550. The quantitative estimate of drug-likeness (QED) is 0.0118. The van der Waals surface area contributed by atoms with Crippen molar-refractivity contribution in [1.29, 1.82) is 0 Å². The van der Waals surface area contributed by atoms with Crippen LogP contribution in [0.25, 0.3) is 33.4 Å². The molecule has 0 aliphatic heterocycles. The highest BCUT2D eigenvalue weighted by molar-refractivity contribution is 14.1. The van der Waals surface area contributed by atoms with Gasteiger partial charge in [0.05, 0.1) is 137 Å². The summed E-state index contributed by atoms with van der Waals surface area (Å²) in [5, 5.41) is 42.3. The summed E-state index contributed by atoms with van der Waals surface area (Å²) in [6, 6.07) is 33.4. The number of anilines is 15. The van der Waals surface area contributed by atoms with E-state index < -0.39 is 93.4 Å². The maximum absolute atomic E-state index is 15.2. The molecule has 722 valence electrons. The van der Waals surface area contributed by atoms with Crippen LogP contribution in [0.4, 0.5) is 103 Å². The van der Waals surface area contributed by atoms with E-state index >= 15 is 13.2 Å². The van der Waals surface area contributed by atoms with Gasteiger partial charge in [0.2, 0.25) is 50.1 Å². The Morgan fingerprint density at radius 2 is 0.759 bits per heavy atom. The van der Waals surface area contributed by atoms with E-state index in [0.717, 1.165) is 17.9 Å². The molecule has 6 aromatic carbocycles. The standard InChI is InChI=1S/C18H17BrCl2N4O3S.C18H17BrClFN4O3S.C17H15F2IN4O2S.C16H13BrCl2N4O2S.C16H13BrClFN4O2S/c19-11-1-2-14(13(20)9-11)23-16-15(10-12-3-7-22-25(12)17(16)21)24-29(27,28)18(4-5-18)6-8-26;19-11-1-2-13(12(20)9-11)23-16-14(10-25-7-6-22-17(25)15(16)21)24-29(27,28)18(3-4-18)5-8-26;1-24-8-21-17-14(24)7-13(23-27(25,26)10-3-4-10)16(15(17)19)22-12-5-2-9(20)6-11(12)18;17-9-1-4-13(12(18)7-9)21-15-14(22-26(24,25)11-2-3-11)8-10-5-6-20-23(10)16(15)19;17-9-1-4-12(11(18)7-9)21-15-13(22-26(24,25)10-2-3-10)8-23-6-5-20-16(23)14(15)19/h1-3,7,9-10,23-24,26H,4-6,8H2;1-2,6-7,9-10,23-24,26H,3-5,8H2;2,5-8,10,22-23H,3-4H2,1H3;1,4-8,11,21-22H,2-3H2;1,4-8,10,21-22H,2-3H2. The summed E-state index contributed by atoms with van der Waals surface area (Å²) < 4.78 is 208. The first-order chi connectivity index (χ1) is 65.0. The second-order valence-corrected chi connectivity index (χ2v) is 49.5. The number of hydrogen-bond donors (Lipinski definition) is 12. The van der Waals surface area contributed by atoms with Crippen LogP contribution in [0.15, 0.2) is 195 Å². The Balaban J connectivity index is 0.000000124. The molecular weight excluding hydrogens is 2390 g/mol. The number of fused-ring (bicyclic) bond motifs is 5. The van der Waals surface area contributed by atoms with Crippen molar-refractivity contribution < 1.29 is 69.9 Å². The first kappa shape index (κ1) is 101. The molecule has 5 aliphatic rings. The summed E-state index contributed by atoms with van der Waals surface area (Å²) in [5.74, 6) is -2.72. The zero-order chi connectivity index (χ0) is 97.9. The normalized spacial score (nSPS) is 14.9. The maximum Gasteiger partial charge on any atom is 0.238 e. The van der Waals surface area contributed by atoms with Gasteiger partial charge in [-0.05, 0) is 221 Å².